The van der Waals surface area contributed by atoms with Crippen LogP contribution in [-0.4, -0.2) is 17.5 Å². The van der Waals surface area contributed by atoms with E-state index in [0.717, 1.165) is 0 Å². The van der Waals surface area contributed by atoms with Crippen LogP contribution < -0.4 is 42.4 Å². The van der Waals surface area contributed by atoms with Gasteiger partial charge in [-0.1, -0.05) is 0 Å². The number of rotatable bonds is 0. The van der Waals surface area contributed by atoms with Crippen LogP contribution in [0.2, 0.25) is 0 Å². The maximum absolute atomic E-state index is 8.52. The zero-order valence-electron chi connectivity index (χ0n) is 4.77. The van der Waals surface area contributed by atoms with Crippen molar-refractivity contribution in [2.24, 2.45) is 0 Å². The van der Waals surface area contributed by atoms with Crippen molar-refractivity contribution in [1.82, 2.24) is 0 Å². The monoisotopic (exact) mass is 185 g/mol. The van der Waals surface area contributed by atoms with Gasteiger partial charge >= 0.3 is 54.8 Å². The van der Waals surface area contributed by atoms with E-state index < -0.39 is 10.4 Å². The van der Waals surface area contributed by atoms with E-state index in [1.807, 2.05) is 0 Å². The normalized spacial score (nSPS) is 6.44. The van der Waals surface area contributed by atoms with E-state index >= 15 is 0 Å². The van der Waals surface area contributed by atoms with E-state index in [0.29, 0.717) is 0 Å². The minimum absolute atomic E-state index is 0. The van der Waals surface area contributed by atoms with Gasteiger partial charge in [0.1, 0.15) is 0 Å². The second kappa shape index (κ2) is 12.2. The van der Waals surface area contributed by atoms with E-state index in [4.69, 9.17) is 17.5 Å². The Labute approximate surface area is 86.9 Å². The van der Waals surface area contributed by atoms with E-state index in [1.54, 1.807) is 0 Å². The fraction of sp³-hybridized carbons (Fsp3) is 0. The molecule has 46 valence electrons. The van der Waals surface area contributed by atoms with Gasteiger partial charge in [0, 0.05) is 10.4 Å². The molecule has 0 spiro atoms. The molecule has 0 aliphatic rings. The van der Waals surface area contributed by atoms with E-state index in [2.05, 4.69) is 0 Å². The van der Waals surface area contributed by atoms with Crippen LogP contribution >= 0.6 is 0 Å². The van der Waals surface area contributed by atoms with Gasteiger partial charge in [-0.15, -0.1) is 0 Å². The molecule has 0 aromatic heterocycles. The molecule has 9 heteroatoms. The molecule has 0 aromatic carbocycles. The number of hydrogen-bond acceptors (Lipinski definition) is 4. The van der Waals surface area contributed by atoms with Crippen LogP contribution in [0.1, 0.15) is 0 Å². The summed E-state index contributed by atoms with van der Waals surface area (Å²) in [5.74, 6) is 0. The molecule has 0 saturated carbocycles. The molecular formula is FFeLi2O4S+. The minimum Gasteiger partial charge on any atom is -1.00 e. The van der Waals surface area contributed by atoms with Gasteiger partial charge in [0.05, 0.1) is 0 Å². The van der Waals surface area contributed by atoms with E-state index in [1.165, 1.54) is 0 Å². The molecule has 0 N–H and O–H groups in total. The van der Waals surface area contributed by atoms with Crippen LogP contribution in [0.15, 0.2) is 0 Å². The molecule has 0 aliphatic heterocycles. The van der Waals surface area contributed by atoms with Crippen LogP contribution in [0.25, 0.3) is 0 Å². The first-order valence-electron chi connectivity index (χ1n) is 0.667. The first kappa shape index (κ1) is 31.3. The molecule has 0 unspecified atom stereocenters. The van der Waals surface area contributed by atoms with Crippen molar-refractivity contribution in [3.63, 3.8) is 0 Å². The number of hydrogen-bond donors (Lipinski definition) is 0. The largest absolute Gasteiger partial charge is 2.00 e. The smallest absolute Gasteiger partial charge is 1.00 e. The van der Waals surface area contributed by atoms with Gasteiger partial charge in [-0.25, -0.2) is 0 Å². The first-order valence-corrected chi connectivity index (χ1v) is 2.00. The molecule has 0 amide bonds. The van der Waals surface area contributed by atoms with Crippen LogP contribution in [0.5, 0.6) is 0 Å². The molecule has 0 rings (SSSR count). The van der Waals surface area contributed by atoms with E-state index in [9.17, 15) is 0 Å². The molecule has 0 bridgehead atoms. The maximum Gasteiger partial charge on any atom is 2.00 e. The molecule has 0 heterocycles. The minimum atomic E-state index is -5.17. The molecule has 0 fully saturated rings. The summed E-state index contributed by atoms with van der Waals surface area (Å²) in [5, 5.41) is 0. The molecule has 0 aromatic rings. The third-order valence-electron chi connectivity index (χ3n) is 0. The average molecular weight is 185 g/mol. The van der Waals surface area contributed by atoms with Crippen molar-refractivity contribution in [3.05, 3.63) is 0 Å². The topological polar surface area (TPSA) is 80.3 Å². The zero-order valence-corrected chi connectivity index (χ0v) is 6.69. The Hall–Kier alpha value is 1.51. The summed E-state index contributed by atoms with van der Waals surface area (Å²) >= 11 is 0. The third kappa shape index (κ3) is 234. The van der Waals surface area contributed by atoms with Crippen molar-refractivity contribution < 1.29 is 77.0 Å². The molecule has 4 nitrogen and oxygen atoms in total. The van der Waals surface area contributed by atoms with Crippen molar-refractivity contribution in [2.45, 2.75) is 0 Å². The molecular weight excluding hydrogens is 185 g/mol. The standard InChI is InChI=1S/FH.Fe.2Li.H2O4S/c;;;;1-5(2,3)4/h1H;;;;(H2,1,2,3,4)/q;+2;2*+1;/p-3. The summed E-state index contributed by atoms with van der Waals surface area (Å²) in [6.07, 6.45) is 0. The van der Waals surface area contributed by atoms with Gasteiger partial charge < -0.3 is 13.8 Å². The maximum atomic E-state index is 8.52. The second-order valence-corrected chi connectivity index (χ2v) is 1.22. The Morgan fingerprint density at radius 3 is 1.00 bits per heavy atom. The Morgan fingerprint density at radius 1 is 1.00 bits per heavy atom. The van der Waals surface area contributed by atoms with Gasteiger partial charge in [-0.2, -0.15) is 0 Å². The quantitative estimate of drug-likeness (QED) is 0.213. The van der Waals surface area contributed by atoms with Gasteiger partial charge in [0.25, 0.3) is 0 Å². The van der Waals surface area contributed by atoms with Crippen LogP contribution in [0.4, 0.5) is 0 Å². The predicted molar refractivity (Wildman–Crippen MR) is 10.5 cm³/mol. The predicted octanol–water partition coefficient (Wildman–Crippen LogP) is -10.3. The van der Waals surface area contributed by atoms with Crippen molar-refractivity contribution in [2.75, 3.05) is 0 Å². The van der Waals surface area contributed by atoms with Crippen LogP contribution in [0.3, 0.4) is 0 Å². The Bertz CT molecular complexity index is 102. The summed E-state index contributed by atoms with van der Waals surface area (Å²) in [5.41, 5.74) is 0. The summed E-state index contributed by atoms with van der Waals surface area (Å²) in [6, 6.07) is 0. The molecule has 0 radical (unpaired) electrons. The van der Waals surface area contributed by atoms with Gasteiger partial charge in [-0.3, -0.25) is 8.42 Å². The molecule has 0 saturated heterocycles. The SMILES string of the molecule is O=S(=O)([O-])[O-].[F-].[Fe+2].[Li+].[Li+]. The summed E-state index contributed by atoms with van der Waals surface area (Å²) in [4.78, 5) is 0. The Kier molecular flexibility index (Phi) is 42.5. The zero-order chi connectivity index (χ0) is 4.50. The molecule has 0 atom stereocenters. The summed E-state index contributed by atoms with van der Waals surface area (Å²) < 4.78 is 34.1. The van der Waals surface area contributed by atoms with Crippen molar-refractivity contribution in [3.8, 4) is 0 Å². The van der Waals surface area contributed by atoms with Gasteiger partial charge in [0.15, 0.2) is 0 Å². The van der Waals surface area contributed by atoms with Crippen LogP contribution in [-0.2, 0) is 27.5 Å². The summed E-state index contributed by atoms with van der Waals surface area (Å²) in [7, 11) is -5.17. The molecule has 0 aliphatic carbocycles. The summed E-state index contributed by atoms with van der Waals surface area (Å²) in [6.45, 7) is 0. The van der Waals surface area contributed by atoms with Gasteiger partial charge in [0.2, 0.25) is 0 Å². The van der Waals surface area contributed by atoms with E-state index in [-0.39, 0.29) is 59.5 Å². The third-order valence-corrected chi connectivity index (χ3v) is 0. The Morgan fingerprint density at radius 2 is 1.00 bits per heavy atom. The molecule has 9 heavy (non-hydrogen) atoms. The number of halogens is 1. The first-order chi connectivity index (χ1) is 2.00. The average Bonchev–Trinajstić information content (AvgIpc) is 0.722. The van der Waals surface area contributed by atoms with Gasteiger partial charge in [-0.05, 0) is 0 Å². The fourth-order valence-electron chi connectivity index (χ4n) is 0. The fourth-order valence-corrected chi connectivity index (χ4v) is 0. The Balaban J connectivity index is -0.0000000133. The van der Waals surface area contributed by atoms with Crippen molar-refractivity contribution >= 4 is 10.4 Å². The van der Waals surface area contributed by atoms with Crippen LogP contribution in [0, 0.1) is 0 Å². The van der Waals surface area contributed by atoms with Crippen molar-refractivity contribution in [1.29, 1.82) is 0 Å². The second-order valence-electron chi connectivity index (χ2n) is 0.408.